The molecule has 0 aliphatic rings. The number of hydrogen-bond donors (Lipinski definition) is 2. The van der Waals surface area contributed by atoms with E-state index in [2.05, 4.69) is 0 Å². The van der Waals surface area contributed by atoms with Gasteiger partial charge in [0.2, 0.25) is 0 Å². The van der Waals surface area contributed by atoms with E-state index in [1.165, 1.54) is 0 Å². The topological polar surface area (TPSA) is 53.4 Å². The molecule has 0 amide bonds. The van der Waals surface area contributed by atoms with Crippen molar-refractivity contribution in [3.8, 4) is 0 Å². The molecule has 0 saturated heterocycles. The highest BCUT2D eigenvalue weighted by atomic mass is 16.3. The lowest BCUT2D eigenvalue weighted by atomic mass is 9.62. The van der Waals surface area contributed by atoms with E-state index in [0.717, 1.165) is 5.69 Å². The first kappa shape index (κ1) is 23.7. The largest absolute Gasteiger partial charge is 0.380 e. The third kappa shape index (κ3) is 4.13. The molecule has 0 saturated carbocycles. The summed E-state index contributed by atoms with van der Waals surface area (Å²) >= 11 is 0. The van der Waals surface area contributed by atoms with E-state index in [1.807, 2.05) is 146 Å². The van der Waals surface area contributed by atoms with Gasteiger partial charge in [-0.2, -0.15) is 0 Å². The molecule has 5 aromatic rings. The summed E-state index contributed by atoms with van der Waals surface area (Å²) in [7, 11) is 0. The first-order valence-corrected chi connectivity index (χ1v) is 12.1. The Bertz CT molecular complexity index is 1240. The molecule has 3 heteroatoms. The van der Waals surface area contributed by atoms with Gasteiger partial charge in [0.25, 0.3) is 0 Å². The van der Waals surface area contributed by atoms with Crippen LogP contribution in [0.4, 0.5) is 0 Å². The Balaban J connectivity index is 1.92. The fourth-order valence-electron chi connectivity index (χ4n) is 5.22. The Morgan fingerprint density at radius 1 is 0.472 bits per heavy atom. The molecule has 36 heavy (non-hydrogen) atoms. The summed E-state index contributed by atoms with van der Waals surface area (Å²) in [5, 5.41) is 26.0. The van der Waals surface area contributed by atoms with Crippen LogP contribution in [0.2, 0.25) is 0 Å². The van der Waals surface area contributed by atoms with Crippen LogP contribution in [0, 0.1) is 6.92 Å². The van der Waals surface area contributed by atoms with E-state index in [9.17, 15) is 10.2 Å². The van der Waals surface area contributed by atoms with Gasteiger partial charge >= 0.3 is 0 Å². The number of nitrogens with zero attached hydrogens (tertiary/aromatic N) is 1. The Kier molecular flexibility index (Phi) is 6.51. The van der Waals surface area contributed by atoms with E-state index in [0.29, 0.717) is 27.9 Å². The van der Waals surface area contributed by atoms with Crippen LogP contribution in [0.25, 0.3) is 0 Å². The van der Waals surface area contributed by atoms with Gasteiger partial charge in [-0.1, -0.05) is 127 Å². The zero-order valence-electron chi connectivity index (χ0n) is 20.2. The second kappa shape index (κ2) is 9.90. The molecule has 178 valence electrons. The van der Waals surface area contributed by atoms with Crippen LogP contribution < -0.4 is 0 Å². The number of aromatic nitrogens is 1. The first-order valence-electron chi connectivity index (χ1n) is 12.1. The molecule has 0 fully saturated rings. The fraction of sp³-hybridized carbons (Fsp3) is 0.121. The Morgan fingerprint density at radius 2 is 0.806 bits per heavy atom. The highest BCUT2D eigenvalue weighted by Gasteiger charge is 2.54. The Labute approximate surface area is 212 Å². The second-order valence-electron chi connectivity index (χ2n) is 9.13. The number of rotatable bonds is 7. The van der Waals surface area contributed by atoms with Crippen molar-refractivity contribution in [1.82, 2.24) is 4.98 Å². The van der Waals surface area contributed by atoms with Crippen molar-refractivity contribution in [2.45, 2.75) is 24.0 Å². The summed E-state index contributed by atoms with van der Waals surface area (Å²) in [6.07, 6.45) is 0. The van der Waals surface area contributed by atoms with Crippen molar-refractivity contribution in [3.05, 3.63) is 173 Å². The molecular formula is C33H29NO2. The van der Waals surface area contributed by atoms with Gasteiger partial charge in [0.05, 0.1) is 11.6 Å². The summed E-state index contributed by atoms with van der Waals surface area (Å²) in [6, 6.07) is 44.0. The van der Waals surface area contributed by atoms with Crippen molar-refractivity contribution in [1.29, 1.82) is 0 Å². The third-order valence-corrected chi connectivity index (χ3v) is 6.90. The quantitative estimate of drug-likeness (QED) is 0.291. The second-order valence-corrected chi connectivity index (χ2v) is 9.13. The molecule has 0 atom stereocenters. The molecule has 1 heterocycles. The maximum Gasteiger partial charge on any atom is 0.126 e. The van der Waals surface area contributed by atoms with Gasteiger partial charge in [-0.15, -0.1) is 0 Å². The zero-order chi connectivity index (χ0) is 25.0. The molecule has 0 bridgehead atoms. The summed E-state index contributed by atoms with van der Waals surface area (Å²) in [5.41, 5.74) is 0.868. The Hall–Kier alpha value is -4.05. The average molecular weight is 472 g/mol. The van der Waals surface area contributed by atoms with Crippen LogP contribution in [0.3, 0.4) is 0 Å². The van der Waals surface area contributed by atoms with E-state index in [4.69, 9.17) is 4.98 Å². The number of aryl methyl sites for hydroxylation is 1. The van der Waals surface area contributed by atoms with Gasteiger partial charge < -0.3 is 10.2 Å². The molecule has 0 radical (unpaired) electrons. The SMILES string of the molecule is Cc1cccc(C(C(O)(c2ccccc2)c2ccccc2)C(O)(c2ccccc2)c2ccccc2)n1. The van der Waals surface area contributed by atoms with Gasteiger partial charge in [-0.25, -0.2) is 0 Å². The monoisotopic (exact) mass is 471 g/mol. The van der Waals surface area contributed by atoms with Gasteiger partial charge in [-0.3, -0.25) is 4.98 Å². The third-order valence-electron chi connectivity index (χ3n) is 6.90. The van der Waals surface area contributed by atoms with E-state index in [-0.39, 0.29) is 0 Å². The van der Waals surface area contributed by atoms with Crippen LogP contribution in [-0.2, 0) is 11.2 Å². The van der Waals surface area contributed by atoms with E-state index >= 15 is 0 Å². The van der Waals surface area contributed by atoms with Gasteiger partial charge in [-0.05, 0) is 41.3 Å². The molecule has 0 aliphatic carbocycles. The van der Waals surface area contributed by atoms with Gasteiger partial charge in [0.15, 0.2) is 0 Å². The normalized spacial score (nSPS) is 12.0. The summed E-state index contributed by atoms with van der Waals surface area (Å²) in [5.74, 6) is -0.889. The van der Waals surface area contributed by atoms with Crippen LogP contribution in [0.1, 0.15) is 39.6 Å². The predicted molar refractivity (Wildman–Crippen MR) is 143 cm³/mol. The smallest absolute Gasteiger partial charge is 0.126 e. The number of aliphatic hydroxyl groups is 2. The van der Waals surface area contributed by atoms with Crippen LogP contribution in [-0.4, -0.2) is 15.2 Å². The molecule has 1 aromatic heterocycles. The standard InChI is InChI=1S/C33H29NO2/c1-25-15-14-24-30(34-25)31(32(35,26-16-6-2-7-17-26)27-18-8-3-9-19-27)33(36,28-20-10-4-11-21-28)29-22-12-5-13-23-29/h2-24,31,35-36H,1H3. The maximum atomic E-state index is 13.0. The van der Waals surface area contributed by atoms with Crippen molar-refractivity contribution >= 4 is 0 Å². The number of benzene rings is 4. The van der Waals surface area contributed by atoms with Crippen molar-refractivity contribution in [2.24, 2.45) is 0 Å². The maximum absolute atomic E-state index is 13.0. The Morgan fingerprint density at radius 3 is 1.11 bits per heavy atom. The predicted octanol–water partition coefficient (Wildman–Crippen LogP) is 6.35. The lowest BCUT2D eigenvalue weighted by molar-refractivity contribution is -0.0569. The molecule has 0 spiro atoms. The minimum absolute atomic E-state index is 0.598. The molecule has 2 N–H and O–H groups in total. The minimum atomic E-state index is -1.62. The van der Waals surface area contributed by atoms with E-state index < -0.39 is 17.1 Å². The molecular weight excluding hydrogens is 442 g/mol. The van der Waals surface area contributed by atoms with Crippen molar-refractivity contribution in [3.63, 3.8) is 0 Å². The highest BCUT2D eigenvalue weighted by Crippen LogP contribution is 2.53. The number of pyridine rings is 1. The summed E-state index contributed by atoms with van der Waals surface area (Å²) < 4.78 is 0. The van der Waals surface area contributed by atoms with Crippen molar-refractivity contribution in [2.75, 3.05) is 0 Å². The summed E-state index contributed by atoms with van der Waals surface area (Å²) in [6.45, 7) is 1.93. The minimum Gasteiger partial charge on any atom is -0.380 e. The van der Waals surface area contributed by atoms with Crippen molar-refractivity contribution < 1.29 is 10.2 Å². The molecule has 0 unspecified atom stereocenters. The van der Waals surface area contributed by atoms with Crippen LogP contribution in [0.15, 0.2) is 140 Å². The lowest BCUT2D eigenvalue weighted by Crippen LogP contribution is -2.48. The molecule has 5 rings (SSSR count). The highest BCUT2D eigenvalue weighted by molar-refractivity contribution is 5.49. The number of hydrogen-bond acceptors (Lipinski definition) is 3. The fourth-order valence-corrected chi connectivity index (χ4v) is 5.22. The lowest BCUT2D eigenvalue weighted by Gasteiger charge is -2.46. The first-order chi connectivity index (χ1) is 17.5. The van der Waals surface area contributed by atoms with Crippen LogP contribution >= 0.6 is 0 Å². The molecule has 3 nitrogen and oxygen atoms in total. The van der Waals surface area contributed by atoms with E-state index in [1.54, 1.807) is 0 Å². The van der Waals surface area contributed by atoms with Gasteiger partial charge in [0, 0.05) is 5.69 Å². The van der Waals surface area contributed by atoms with Gasteiger partial charge in [0.1, 0.15) is 11.2 Å². The average Bonchev–Trinajstić information content (AvgIpc) is 2.95. The molecule has 4 aromatic carbocycles. The molecule has 0 aliphatic heterocycles. The van der Waals surface area contributed by atoms with Crippen LogP contribution in [0.5, 0.6) is 0 Å². The zero-order valence-corrected chi connectivity index (χ0v) is 20.2. The summed E-state index contributed by atoms with van der Waals surface area (Å²) in [4.78, 5) is 4.89.